The van der Waals surface area contributed by atoms with Gasteiger partial charge in [0.05, 0.1) is 13.2 Å². The Labute approximate surface area is 106 Å². The average Bonchev–Trinajstić information content (AvgIpc) is 2.39. The molecule has 0 radical (unpaired) electrons. The van der Waals surface area contributed by atoms with Crippen LogP contribution < -0.4 is 4.90 Å². The molecule has 1 unspecified atom stereocenters. The van der Waals surface area contributed by atoms with Crippen LogP contribution in [-0.2, 0) is 16.0 Å². The molecule has 1 saturated heterocycles. The second-order valence-electron chi connectivity index (χ2n) is 4.24. The van der Waals surface area contributed by atoms with Gasteiger partial charge < -0.3 is 14.7 Å². The summed E-state index contributed by atoms with van der Waals surface area (Å²) in [6.07, 6.45) is 3.37. The van der Waals surface area contributed by atoms with Crippen LogP contribution in [0.25, 0.3) is 0 Å². The summed E-state index contributed by atoms with van der Waals surface area (Å²) in [5.41, 5.74) is 0.943. The number of aromatic nitrogens is 2. The molecule has 0 spiro atoms. The Morgan fingerprint density at radius 2 is 2.44 bits per heavy atom. The normalized spacial score (nSPS) is 19.8. The zero-order chi connectivity index (χ0) is 13.0. The largest absolute Gasteiger partial charge is 0.480 e. The third-order valence-corrected chi connectivity index (χ3v) is 2.92. The molecule has 0 aromatic carbocycles. The van der Waals surface area contributed by atoms with Gasteiger partial charge in [-0.05, 0) is 6.42 Å². The maximum atomic E-state index is 11.2. The van der Waals surface area contributed by atoms with Gasteiger partial charge in [0, 0.05) is 18.3 Å². The maximum Gasteiger partial charge on any atom is 0.328 e. The summed E-state index contributed by atoms with van der Waals surface area (Å²) >= 11 is 0. The minimum Gasteiger partial charge on any atom is -0.480 e. The van der Waals surface area contributed by atoms with Crippen LogP contribution in [0.4, 0.5) is 5.82 Å². The highest BCUT2D eigenvalue weighted by atomic mass is 16.5. The molecule has 0 bridgehead atoms. The lowest BCUT2D eigenvalue weighted by Crippen LogP contribution is -2.50. The standard InChI is InChI=1S/C12H17N3O3/c1-2-3-9-6-11(14-8-13-9)15-4-5-18-7-10(15)12(16)17/h6,8,10H,2-5,7H2,1H3,(H,16,17). The predicted octanol–water partition coefficient (Wildman–Crippen LogP) is 0.719. The van der Waals surface area contributed by atoms with E-state index in [1.807, 2.05) is 6.07 Å². The monoisotopic (exact) mass is 251 g/mol. The lowest BCUT2D eigenvalue weighted by Gasteiger charge is -2.33. The number of aliphatic carboxylic acids is 1. The number of hydrogen-bond donors (Lipinski definition) is 1. The van der Waals surface area contributed by atoms with Gasteiger partial charge in [-0.1, -0.05) is 13.3 Å². The minimum atomic E-state index is -0.884. The summed E-state index contributed by atoms with van der Waals surface area (Å²) in [4.78, 5) is 21.3. The Kier molecular flexibility index (Phi) is 4.09. The molecule has 1 aromatic rings. The van der Waals surface area contributed by atoms with E-state index in [1.165, 1.54) is 6.33 Å². The fourth-order valence-electron chi connectivity index (χ4n) is 2.02. The molecular formula is C12H17N3O3. The highest BCUT2D eigenvalue weighted by Gasteiger charge is 2.30. The van der Waals surface area contributed by atoms with E-state index in [2.05, 4.69) is 16.9 Å². The van der Waals surface area contributed by atoms with Gasteiger partial charge in [0.15, 0.2) is 6.04 Å². The van der Waals surface area contributed by atoms with Crippen LogP contribution in [0.1, 0.15) is 19.0 Å². The molecule has 1 aliphatic rings. The van der Waals surface area contributed by atoms with E-state index in [0.29, 0.717) is 19.0 Å². The first kappa shape index (κ1) is 12.8. The Morgan fingerprint density at radius 3 is 3.17 bits per heavy atom. The Hall–Kier alpha value is -1.69. The molecular weight excluding hydrogens is 234 g/mol. The smallest absolute Gasteiger partial charge is 0.328 e. The minimum absolute atomic E-state index is 0.197. The van der Waals surface area contributed by atoms with Crippen LogP contribution in [0.5, 0.6) is 0 Å². The van der Waals surface area contributed by atoms with E-state index in [0.717, 1.165) is 18.5 Å². The molecule has 0 saturated carbocycles. The van der Waals surface area contributed by atoms with Gasteiger partial charge in [-0.25, -0.2) is 14.8 Å². The van der Waals surface area contributed by atoms with Gasteiger partial charge in [0.1, 0.15) is 12.1 Å². The first-order valence-electron chi connectivity index (χ1n) is 6.10. The molecule has 0 aliphatic carbocycles. The third-order valence-electron chi connectivity index (χ3n) is 2.92. The van der Waals surface area contributed by atoms with E-state index < -0.39 is 12.0 Å². The van der Waals surface area contributed by atoms with Crippen LogP contribution in [0.15, 0.2) is 12.4 Å². The first-order chi connectivity index (χ1) is 8.72. The molecule has 2 rings (SSSR count). The van der Waals surface area contributed by atoms with Gasteiger partial charge in [0.25, 0.3) is 0 Å². The van der Waals surface area contributed by atoms with Crippen molar-refractivity contribution in [3.8, 4) is 0 Å². The summed E-state index contributed by atoms with van der Waals surface area (Å²) < 4.78 is 5.21. The fraction of sp³-hybridized carbons (Fsp3) is 0.583. The van der Waals surface area contributed by atoms with Crippen molar-refractivity contribution in [1.29, 1.82) is 0 Å². The fourth-order valence-corrected chi connectivity index (χ4v) is 2.02. The highest BCUT2D eigenvalue weighted by Crippen LogP contribution is 2.18. The number of anilines is 1. The van der Waals surface area contributed by atoms with Gasteiger partial charge in [0.2, 0.25) is 0 Å². The SMILES string of the molecule is CCCc1cc(N2CCOCC2C(=O)O)ncn1. The van der Waals surface area contributed by atoms with Crippen molar-refractivity contribution >= 4 is 11.8 Å². The number of hydrogen-bond acceptors (Lipinski definition) is 5. The molecule has 2 heterocycles. The summed E-state index contributed by atoms with van der Waals surface area (Å²) in [7, 11) is 0. The second kappa shape index (κ2) is 5.77. The Balaban J connectivity index is 2.22. The lowest BCUT2D eigenvalue weighted by atomic mass is 10.2. The highest BCUT2D eigenvalue weighted by molar-refractivity contribution is 5.78. The molecule has 98 valence electrons. The lowest BCUT2D eigenvalue weighted by molar-refractivity contribution is -0.141. The zero-order valence-corrected chi connectivity index (χ0v) is 10.4. The van der Waals surface area contributed by atoms with E-state index in [9.17, 15) is 9.90 Å². The molecule has 18 heavy (non-hydrogen) atoms. The van der Waals surface area contributed by atoms with Crippen molar-refractivity contribution in [2.45, 2.75) is 25.8 Å². The van der Waals surface area contributed by atoms with Gasteiger partial charge >= 0.3 is 5.97 Å². The van der Waals surface area contributed by atoms with Crippen molar-refractivity contribution in [2.24, 2.45) is 0 Å². The topological polar surface area (TPSA) is 75.5 Å². The maximum absolute atomic E-state index is 11.2. The summed E-state index contributed by atoms with van der Waals surface area (Å²) in [5, 5.41) is 9.18. The summed E-state index contributed by atoms with van der Waals surface area (Å²) in [5.74, 6) is -0.213. The van der Waals surface area contributed by atoms with E-state index >= 15 is 0 Å². The van der Waals surface area contributed by atoms with Crippen molar-refractivity contribution in [3.05, 3.63) is 18.1 Å². The van der Waals surface area contributed by atoms with E-state index in [-0.39, 0.29) is 6.61 Å². The number of morpholine rings is 1. The van der Waals surface area contributed by atoms with Crippen molar-refractivity contribution in [1.82, 2.24) is 9.97 Å². The van der Waals surface area contributed by atoms with Gasteiger partial charge in [-0.15, -0.1) is 0 Å². The van der Waals surface area contributed by atoms with E-state index in [4.69, 9.17) is 4.74 Å². The quantitative estimate of drug-likeness (QED) is 0.849. The second-order valence-corrected chi connectivity index (χ2v) is 4.24. The number of nitrogens with zero attached hydrogens (tertiary/aromatic N) is 3. The zero-order valence-electron chi connectivity index (χ0n) is 10.4. The summed E-state index contributed by atoms with van der Waals surface area (Å²) in [6, 6.07) is 1.20. The molecule has 1 fully saturated rings. The molecule has 6 nitrogen and oxygen atoms in total. The van der Waals surface area contributed by atoms with Crippen LogP contribution in [-0.4, -0.2) is 46.8 Å². The molecule has 0 amide bonds. The van der Waals surface area contributed by atoms with Crippen molar-refractivity contribution in [3.63, 3.8) is 0 Å². The number of carboxylic acid groups (broad SMARTS) is 1. The van der Waals surface area contributed by atoms with Crippen molar-refractivity contribution in [2.75, 3.05) is 24.7 Å². The Morgan fingerprint density at radius 1 is 1.61 bits per heavy atom. The van der Waals surface area contributed by atoms with Crippen molar-refractivity contribution < 1.29 is 14.6 Å². The number of rotatable bonds is 4. The number of aryl methyl sites for hydroxylation is 1. The predicted molar refractivity (Wildman–Crippen MR) is 65.6 cm³/mol. The third kappa shape index (κ3) is 2.76. The average molecular weight is 251 g/mol. The molecule has 6 heteroatoms. The van der Waals surface area contributed by atoms with E-state index in [1.54, 1.807) is 4.90 Å². The first-order valence-corrected chi connectivity index (χ1v) is 6.10. The number of ether oxygens (including phenoxy) is 1. The summed E-state index contributed by atoms with van der Waals surface area (Å²) in [6.45, 7) is 3.34. The Bertz CT molecular complexity index is 425. The molecule has 1 N–H and O–H groups in total. The van der Waals surface area contributed by atoms with Gasteiger partial charge in [-0.2, -0.15) is 0 Å². The van der Waals surface area contributed by atoms with Crippen LogP contribution in [0.2, 0.25) is 0 Å². The van der Waals surface area contributed by atoms with Crippen LogP contribution in [0, 0.1) is 0 Å². The van der Waals surface area contributed by atoms with Gasteiger partial charge in [-0.3, -0.25) is 0 Å². The van der Waals surface area contributed by atoms with Crippen LogP contribution in [0.3, 0.4) is 0 Å². The molecule has 1 aliphatic heterocycles. The van der Waals surface area contributed by atoms with Crippen LogP contribution >= 0.6 is 0 Å². The molecule has 1 aromatic heterocycles. The number of carboxylic acids is 1. The number of carbonyl (C=O) groups is 1. The molecule has 1 atom stereocenters.